The van der Waals surface area contributed by atoms with E-state index < -0.39 is 0 Å². The van der Waals surface area contributed by atoms with Crippen LogP contribution in [0.2, 0.25) is 0 Å². The van der Waals surface area contributed by atoms with Crippen LogP contribution in [0.5, 0.6) is 5.88 Å². The SMILES string of the molecule is COc1nccnc1C(C)C(C)N. The molecule has 13 heavy (non-hydrogen) atoms. The van der Waals surface area contributed by atoms with Gasteiger partial charge >= 0.3 is 0 Å². The Morgan fingerprint density at radius 3 is 2.46 bits per heavy atom. The molecule has 1 aromatic rings. The number of ether oxygens (including phenoxy) is 1. The van der Waals surface area contributed by atoms with E-state index in [1.807, 2.05) is 13.8 Å². The van der Waals surface area contributed by atoms with Crippen molar-refractivity contribution in [3.8, 4) is 5.88 Å². The summed E-state index contributed by atoms with van der Waals surface area (Å²) in [6, 6.07) is 0.0469. The number of nitrogens with two attached hydrogens (primary N) is 1. The minimum absolute atomic E-state index is 0.0469. The van der Waals surface area contributed by atoms with Crippen molar-refractivity contribution in [1.82, 2.24) is 9.97 Å². The Balaban J connectivity index is 2.98. The minimum atomic E-state index is 0.0469. The van der Waals surface area contributed by atoms with Crippen LogP contribution in [0.25, 0.3) is 0 Å². The minimum Gasteiger partial charge on any atom is -0.480 e. The van der Waals surface area contributed by atoms with Gasteiger partial charge in [0.1, 0.15) is 5.69 Å². The van der Waals surface area contributed by atoms with Crippen LogP contribution < -0.4 is 10.5 Å². The molecular weight excluding hydrogens is 166 g/mol. The first kappa shape index (κ1) is 9.92. The summed E-state index contributed by atoms with van der Waals surface area (Å²) in [6.45, 7) is 3.95. The smallest absolute Gasteiger partial charge is 0.235 e. The van der Waals surface area contributed by atoms with Gasteiger partial charge in [0.15, 0.2) is 0 Å². The first-order valence-electron chi connectivity index (χ1n) is 4.27. The van der Waals surface area contributed by atoms with E-state index in [1.165, 1.54) is 0 Å². The number of rotatable bonds is 3. The monoisotopic (exact) mass is 181 g/mol. The molecule has 0 bridgehead atoms. The van der Waals surface area contributed by atoms with E-state index in [0.717, 1.165) is 5.69 Å². The highest BCUT2D eigenvalue weighted by Gasteiger charge is 2.16. The Morgan fingerprint density at radius 1 is 1.31 bits per heavy atom. The largest absolute Gasteiger partial charge is 0.480 e. The molecule has 72 valence electrons. The zero-order chi connectivity index (χ0) is 9.84. The molecule has 1 rings (SSSR count). The van der Waals surface area contributed by atoms with Gasteiger partial charge in [-0.3, -0.25) is 4.98 Å². The third-order valence-corrected chi connectivity index (χ3v) is 2.10. The highest BCUT2D eigenvalue weighted by molar-refractivity contribution is 5.22. The standard InChI is InChI=1S/C9H15N3O/c1-6(7(2)10)8-9(13-3)12-5-4-11-8/h4-7H,10H2,1-3H3. The van der Waals surface area contributed by atoms with Crippen LogP contribution in [0.1, 0.15) is 25.5 Å². The molecule has 0 saturated heterocycles. The predicted molar refractivity (Wildman–Crippen MR) is 50.6 cm³/mol. The Kier molecular flexibility index (Phi) is 3.19. The first-order chi connectivity index (χ1) is 6.16. The second kappa shape index (κ2) is 4.18. The lowest BCUT2D eigenvalue weighted by molar-refractivity contribution is 0.382. The van der Waals surface area contributed by atoms with Gasteiger partial charge in [-0.15, -0.1) is 0 Å². The Labute approximate surface area is 78.1 Å². The van der Waals surface area contributed by atoms with Gasteiger partial charge in [-0.05, 0) is 6.92 Å². The third-order valence-electron chi connectivity index (χ3n) is 2.10. The molecule has 0 aliphatic carbocycles. The van der Waals surface area contributed by atoms with E-state index in [0.29, 0.717) is 5.88 Å². The van der Waals surface area contributed by atoms with E-state index in [4.69, 9.17) is 10.5 Å². The van der Waals surface area contributed by atoms with Crippen molar-refractivity contribution >= 4 is 0 Å². The van der Waals surface area contributed by atoms with Crippen LogP contribution in [0.3, 0.4) is 0 Å². The molecule has 0 aromatic carbocycles. The van der Waals surface area contributed by atoms with Crippen molar-refractivity contribution in [2.24, 2.45) is 5.73 Å². The van der Waals surface area contributed by atoms with Gasteiger partial charge in [-0.2, -0.15) is 0 Å². The maximum atomic E-state index is 5.77. The molecule has 2 N–H and O–H groups in total. The summed E-state index contributed by atoms with van der Waals surface area (Å²) in [5.41, 5.74) is 6.59. The zero-order valence-corrected chi connectivity index (χ0v) is 8.19. The second-order valence-electron chi connectivity index (χ2n) is 3.10. The first-order valence-corrected chi connectivity index (χ1v) is 4.27. The van der Waals surface area contributed by atoms with Crippen LogP contribution in [0.4, 0.5) is 0 Å². The molecule has 4 heteroatoms. The zero-order valence-electron chi connectivity index (χ0n) is 8.19. The molecular formula is C9H15N3O. The van der Waals surface area contributed by atoms with E-state index in [2.05, 4.69) is 9.97 Å². The lowest BCUT2D eigenvalue weighted by Gasteiger charge is -2.16. The summed E-state index contributed by atoms with van der Waals surface area (Å²) in [4.78, 5) is 8.26. The van der Waals surface area contributed by atoms with Crippen molar-refractivity contribution in [3.63, 3.8) is 0 Å². The van der Waals surface area contributed by atoms with Crippen LogP contribution in [-0.4, -0.2) is 23.1 Å². The Morgan fingerprint density at radius 2 is 1.92 bits per heavy atom. The van der Waals surface area contributed by atoms with E-state index in [9.17, 15) is 0 Å². The lowest BCUT2D eigenvalue weighted by Crippen LogP contribution is -2.23. The fourth-order valence-electron chi connectivity index (χ4n) is 1.05. The predicted octanol–water partition coefficient (Wildman–Crippen LogP) is 0.936. The van der Waals surface area contributed by atoms with Gasteiger partial charge in [0.2, 0.25) is 5.88 Å². The van der Waals surface area contributed by atoms with Gasteiger partial charge in [-0.1, -0.05) is 6.92 Å². The van der Waals surface area contributed by atoms with Gasteiger partial charge in [0, 0.05) is 24.4 Å². The van der Waals surface area contributed by atoms with Crippen LogP contribution >= 0.6 is 0 Å². The molecule has 0 saturated carbocycles. The topological polar surface area (TPSA) is 61.0 Å². The molecule has 0 fully saturated rings. The summed E-state index contributed by atoms with van der Waals surface area (Å²) in [7, 11) is 1.58. The summed E-state index contributed by atoms with van der Waals surface area (Å²) >= 11 is 0. The van der Waals surface area contributed by atoms with Gasteiger partial charge < -0.3 is 10.5 Å². The van der Waals surface area contributed by atoms with E-state index >= 15 is 0 Å². The molecule has 4 nitrogen and oxygen atoms in total. The molecule has 0 radical (unpaired) electrons. The molecule has 0 aliphatic rings. The fraction of sp³-hybridized carbons (Fsp3) is 0.556. The van der Waals surface area contributed by atoms with Crippen molar-refractivity contribution in [3.05, 3.63) is 18.1 Å². The maximum absolute atomic E-state index is 5.77. The lowest BCUT2D eigenvalue weighted by atomic mass is 10.0. The summed E-state index contributed by atoms with van der Waals surface area (Å²) in [6.07, 6.45) is 3.26. The normalized spacial score (nSPS) is 15.1. The third kappa shape index (κ3) is 2.15. The number of aromatic nitrogens is 2. The molecule has 2 unspecified atom stereocenters. The van der Waals surface area contributed by atoms with Gasteiger partial charge in [-0.25, -0.2) is 4.98 Å². The Hall–Kier alpha value is -1.16. The second-order valence-corrected chi connectivity index (χ2v) is 3.10. The van der Waals surface area contributed by atoms with Crippen LogP contribution in [-0.2, 0) is 0 Å². The van der Waals surface area contributed by atoms with Gasteiger partial charge in [0.25, 0.3) is 0 Å². The van der Waals surface area contributed by atoms with E-state index in [-0.39, 0.29) is 12.0 Å². The maximum Gasteiger partial charge on any atom is 0.235 e. The highest BCUT2D eigenvalue weighted by atomic mass is 16.5. The average Bonchev–Trinajstić information content (AvgIpc) is 2.16. The van der Waals surface area contributed by atoms with Crippen molar-refractivity contribution in [1.29, 1.82) is 0 Å². The number of hydrogen-bond donors (Lipinski definition) is 1. The highest BCUT2D eigenvalue weighted by Crippen LogP contribution is 2.22. The molecule has 0 amide bonds. The molecule has 2 atom stereocenters. The summed E-state index contributed by atoms with van der Waals surface area (Å²) in [5.74, 6) is 0.718. The summed E-state index contributed by atoms with van der Waals surface area (Å²) < 4.78 is 5.09. The molecule has 1 heterocycles. The Bertz CT molecular complexity index is 275. The van der Waals surface area contributed by atoms with Crippen LogP contribution in [0.15, 0.2) is 12.4 Å². The van der Waals surface area contributed by atoms with Crippen molar-refractivity contribution < 1.29 is 4.74 Å². The van der Waals surface area contributed by atoms with Crippen molar-refractivity contribution in [2.45, 2.75) is 25.8 Å². The summed E-state index contributed by atoms with van der Waals surface area (Å²) in [5, 5.41) is 0. The quantitative estimate of drug-likeness (QED) is 0.753. The van der Waals surface area contributed by atoms with Gasteiger partial charge in [0.05, 0.1) is 7.11 Å². The van der Waals surface area contributed by atoms with Crippen LogP contribution in [0, 0.1) is 0 Å². The number of methoxy groups -OCH3 is 1. The van der Waals surface area contributed by atoms with E-state index in [1.54, 1.807) is 19.5 Å². The number of hydrogen-bond acceptors (Lipinski definition) is 4. The number of nitrogens with zero attached hydrogens (tertiary/aromatic N) is 2. The molecule has 0 spiro atoms. The van der Waals surface area contributed by atoms with Crippen molar-refractivity contribution in [2.75, 3.05) is 7.11 Å². The average molecular weight is 181 g/mol. The molecule has 1 aromatic heterocycles. The fourth-order valence-corrected chi connectivity index (χ4v) is 1.05. The molecule has 0 aliphatic heterocycles.